The minimum atomic E-state index is -4.52. The van der Waals surface area contributed by atoms with Gasteiger partial charge in [-0.3, -0.25) is 9.59 Å². The minimum Gasteiger partial charge on any atom is -0.355 e. The summed E-state index contributed by atoms with van der Waals surface area (Å²) in [7, 11) is 0. The van der Waals surface area contributed by atoms with Gasteiger partial charge in [0.05, 0.1) is 5.56 Å². The molecule has 1 aromatic carbocycles. The Bertz CT molecular complexity index is 937. The maximum absolute atomic E-state index is 13.5. The van der Waals surface area contributed by atoms with Gasteiger partial charge in [-0.25, -0.2) is 4.39 Å². The van der Waals surface area contributed by atoms with E-state index in [1.165, 1.54) is 0 Å². The highest BCUT2D eigenvalue weighted by Crippen LogP contribution is 2.30. The molecule has 33 heavy (non-hydrogen) atoms. The highest BCUT2D eigenvalue weighted by atomic mass is 35.5. The van der Waals surface area contributed by atoms with E-state index < -0.39 is 17.6 Å². The SMILES string of the molecule is O=C(NCc1cc(C(F)(F)F)ccc1F)C1CCCC1.O=CNCC1=CC(Cl)=CCC(Cl)=C1. The summed E-state index contributed by atoms with van der Waals surface area (Å²) in [6, 6.07) is 2.21. The normalized spacial score (nSPS) is 16.5. The van der Waals surface area contributed by atoms with Crippen molar-refractivity contribution in [2.75, 3.05) is 6.54 Å². The molecule has 0 aliphatic heterocycles. The number of allylic oxidation sites excluding steroid dienone is 4. The Hall–Kier alpha value is -2.32. The van der Waals surface area contributed by atoms with Gasteiger partial charge >= 0.3 is 6.18 Å². The molecule has 4 nitrogen and oxygen atoms in total. The van der Waals surface area contributed by atoms with Gasteiger partial charge in [-0.1, -0.05) is 42.1 Å². The van der Waals surface area contributed by atoms with Crippen LogP contribution in [0.25, 0.3) is 0 Å². The van der Waals surface area contributed by atoms with Gasteiger partial charge in [0.15, 0.2) is 0 Å². The van der Waals surface area contributed by atoms with Crippen molar-refractivity contribution in [2.24, 2.45) is 5.92 Å². The quantitative estimate of drug-likeness (QED) is 0.369. The van der Waals surface area contributed by atoms with Crippen molar-refractivity contribution in [1.82, 2.24) is 10.6 Å². The Labute approximate surface area is 199 Å². The largest absolute Gasteiger partial charge is 0.416 e. The molecule has 0 spiro atoms. The molecule has 1 fully saturated rings. The lowest BCUT2D eigenvalue weighted by molar-refractivity contribution is -0.137. The zero-order valence-electron chi connectivity index (χ0n) is 17.7. The molecule has 2 aliphatic carbocycles. The second-order valence-electron chi connectivity index (χ2n) is 7.61. The van der Waals surface area contributed by atoms with Crippen LogP contribution in [0.4, 0.5) is 17.6 Å². The molecular formula is C23H24Cl2F4N2O2. The van der Waals surface area contributed by atoms with Crippen molar-refractivity contribution in [3.8, 4) is 0 Å². The molecule has 3 rings (SSSR count). The fourth-order valence-corrected chi connectivity index (χ4v) is 3.83. The number of carbonyl (C=O) groups excluding carboxylic acids is 2. The van der Waals surface area contributed by atoms with Crippen LogP contribution in [0.15, 0.2) is 52.1 Å². The zero-order valence-corrected chi connectivity index (χ0v) is 19.2. The first-order valence-electron chi connectivity index (χ1n) is 10.3. The molecule has 2 aliphatic rings. The number of hydrogen-bond acceptors (Lipinski definition) is 2. The maximum Gasteiger partial charge on any atom is 0.416 e. The van der Waals surface area contributed by atoms with Crippen LogP contribution in [0, 0.1) is 11.7 Å². The predicted octanol–water partition coefficient (Wildman–Crippen LogP) is 5.96. The molecule has 1 saturated carbocycles. The number of nitrogens with one attached hydrogen (secondary N) is 2. The molecule has 2 amide bonds. The van der Waals surface area contributed by atoms with Crippen LogP contribution in [0.3, 0.4) is 0 Å². The number of hydrogen-bond donors (Lipinski definition) is 2. The van der Waals surface area contributed by atoms with E-state index in [4.69, 9.17) is 23.2 Å². The molecular weight excluding hydrogens is 483 g/mol. The lowest BCUT2D eigenvalue weighted by Gasteiger charge is -2.13. The summed E-state index contributed by atoms with van der Waals surface area (Å²) in [5.41, 5.74) is -0.161. The molecule has 0 unspecified atom stereocenters. The Balaban J connectivity index is 0.000000257. The first-order valence-corrected chi connectivity index (χ1v) is 11.1. The van der Waals surface area contributed by atoms with Gasteiger partial charge in [0, 0.05) is 41.1 Å². The second kappa shape index (κ2) is 12.8. The summed E-state index contributed by atoms with van der Waals surface area (Å²) in [6.45, 7) is 0.231. The van der Waals surface area contributed by atoms with E-state index in [0.29, 0.717) is 30.5 Å². The molecule has 0 aromatic heterocycles. The molecule has 0 heterocycles. The molecule has 180 valence electrons. The van der Waals surface area contributed by atoms with E-state index in [1.54, 1.807) is 6.08 Å². The predicted molar refractivity (Wildman–Crippen MR) is 120 cm³/mol. The van der Waals surface area contributed by atoms with Crippen LogP contribution in [0.1, 0.15) is 43.2 Å². The number of alkyl halides is 3. The van der Waals surface area contributed by atoms with Crippen molar-refractivity contribution in [3.63, 3.8) is 0 Å². The second-order valence-corrected chi connectivity index (χ2v) is 8.53. The van der Waals surface area contributed by atoms with Crippen molar-refractivity contribution in [1.29, 1.82) is 0 Å². The third-order valence-corrected chi connectivity index (χ3v) is 5.63. The molecule has 0 bridgehead atoms. The number of benzene rings is 1. The smallest absolute Gasteiger partial charge is 0.355 e. The van der Waals surface area contributed by atoms with E-state index in [0.717, 1.165) is 48.4 Å². The topological polar surface area (TPSA) is 58.2 Å². The fourth-order valence-electron chi connectivity index (χ4n) is 3.40. The average Bonchev–Trinajstić information content (AvgIpc) is 3.24. The highest BCUT2D eigenvalue weighted by molar-refractivity contribution is 6.32. The van der Waals surface area contributed by atoms with Crippen LogP contribution in [-0.4, -0.2) is 18.9 Å². The van der Waals surface area contributed by atoms with Gasteiger partial charge in [0.1, 0.15) is 5.82 Å². The molecule has 1 aromatic rings. The Morgan fingerprint density at radius 1 is 1.12 bits per heavy atom. The first kappa shape index (κ1) is 26.9. The average molecular weight is 507 g/mol. The maximum atomic E-state index is 13.5. The number of halogens is 6. The third-order valence-electron chi connectivity index (χ3n) is 5.10. The number of carbonyl (C=O) groups is 2. The lowest BCUT2D eigenvalue weighted by atomic mass is 10.1. The van der Waals surface area contributed by atoms with Crippen molar-refractivity contribution in [3.05, 3.63) is 69.0 Å². The van der Waals surface area contributed by atoms with Gasteiger partial charge in [0.2, 0.25) is 12.3 Å². The van der Waals surface area contributed by atoms with Crippen LogP contribution < -0.4 is 10.6 Å². The zero-order chi connectivity index (χ0) is 24.4. The molecule has 0 saturated heterocycles. The van der Waals surface area contributed by atoms with Crippen LogP contribution in [-0.2, 0) is 22.3 Å². The highest BCUT2D eigenvalue weighted by Gasteiger charge is 2.31. The van der Waals surface area contributed by atoms with Crippen LogP contribution in [0.2, 0.25) is 0 Å². The molecule has 10 heteroatoms. The van der Waals surface area contributed by atoms with Gasteiger partial charge in [-0.05, 0) is 48.8 Å². The van der Waals surface area contributed by atoms with Crippen LogP contribution >= 0.6 is 23.2 Å². The van der Waals surface area contributed by atoms with E-state index in [-0.39, 0.29) is 23.9 Å². The third kappa shape index (κ3) is 9.21. The number of amides is 2. The summed E-state index contributed by atoms with van der Waals surface area (Å²) in [4.78, 5) is 21.8. The van der Waals surface area contributed by atoms with Gasteiger partial charge in [0.25, 0.3) is 0 Å². The van der Waals surface area contributed by atoms with Crippen LogP contribution in [0.5, 0.6) is 0 Å². The van der Waals surface area contributed by atoms with Crippen molar-refractivity contribution < 1.29 is 27.2 Å². The Kier molecular flexibility index (Phi) is 10.4. The summed E-state index contributed by atoms with van der Waals surface area (Å²) in [5.74, 6) is -1.05. The summed E-state index contributed by atoms with van der Waals surface area (Å²) >= 11 is 11.7. The van der Waals surface area contributed by atoms with Gasteiger partial charge in [-0.2, -0.15) is 13.2 Å². The van der Waals surface area contributed by atoms with Gasteiger partial charge < -0.3 is 10.6 Å². The number of rotatable bonds is 6. The summed E-state index contributed by atoms with van der Waals surface area (Å²) in [6.07, 6.45) is 5.73. The van der Waals surface area contributed by atoms with Gasteiger partial charge in [-0.15, -0.1) is 0 Å². The van der Waals surface area contributed by atoms with E-state index >= 15 is 0 Å². The molecule has 2 N–H and O–H groups in total. The standard InChI is InChI=1S/C14H15F4NO.C9H9Cl2NO/c15-12-6-5-11(14(16,17)18)7-10(12)8-19-13(20)9-3-1-2-4-9;10-8-1-2-9(11)4-7(3-8)5-12-6-13/h5-7,9H,1-4,8H2,(H,19,20);1,3-4,6H,2,5H2,(H,12,13). The van der Waals surface area contributed by atoms with E-state index in [9.17, 15) is 27.2 Å². The first-order chi connectivity index (χ1) is 15.6. The Morgan fingerprint density at radius 2 is 1.82 bits per heavy atom. The molecule has 0 radical (unpaired) electrons. The molecule has 0 atom stereocenters. The fraction of sp³-hybridized carbons (Fsp3) is 0.391. The minimum absolute atomic E-state index is 0.0936. The Morgan fingerprint density at radius 3 is 2.45 bits per heavy atom. The van der Waals surface area contributed by atoms with Crippen molar-refractivity contribution in [2.45, 2.75) is 44.8 Å². The summed E-state index contributed by atoms with van der Waals surface area (Å²) < 4.78 is 51.1. The van der Waals surface area contributed by atoms with E-state index in [2.05, 4.69) is 10.6 Å². The summed E-state index contributed by atoms with van der Waals surface area (Å²) in [5, 5.41) is 6.43. The van der Waals surface area contributed by atoms with Crippen molar-refractivity contribution >= 4 is 35.5 Å². The monoisotopic (exact) mass is 506 g/mol. The lowest BCUT2D eigenvalue weighted by Crippen LogP contribution is -2.29. The van der Waals surface area contributed by atoms with E-state index in [1.807, 2.05) is 12.2 Å².